The second kappa shape index (κ2) is 4.63. The Balaban J connectivity index is 1.85. The highest BCUT2D eigenvalue weighted by atomic mass is 16.1. The lowest BCUT2D eigenvalue weighted by Gasteiger charge is -2.24. The molecular weight excluding hydrogens is 238 g/mol. The number of amides is 1. The highest BCUT2D eigenvalue weighted by Crippen LogP contribution is 2.17. The molecule has 1 saturated heterocycles. The first-order chi connectivity index (χ1) is 9.16. The summed E-state index contributed by atoms with van der Waals surface area (Å²) in [4.78, 5) is 16.5. The van der Waals surface area contributed by atoms with Crippen LogP contribution in [0.3, 0.4) is 0 Å². The average molecular weight is 255 g/mol. The first-order valence-corrected chi connectivity index (χ1v) is 6.54. The lowest BCUT2D eigenvalue weighted by atomic mass is 10.0. The molecule has 1 amide bonds. The van der Waals surface area contributed by atoms with Crippen LogP contribution in [0.2, 0.25) is 0 Å². The number of aromatic nitrogens is 1. The largest absolute Gasteiger partial charge is 0.346 e. The summed E-state index contributed by atoms with van der Waals surface area (Å²) in [6.07, 6.45) is 2.72. The number of carbonyl (C=O) groups is 1. The molecule has 19 heavy (non-hydrogen) atoms. The van der Waals surface area contributed by atoms with Gasteiger partial charge in [0, 0.05) is 23.7 Å². The summed E-state index contributed by atoms with van der Waals surface area (Å²) in [5.41, 5.74) is 1.46. The van der Waals surface area contributed by atoms with Crippen molar-refractivity contribution in [2.45, 2.75) is 18.9 Å². The van der Waals surface area contributed by atoms with E-state index in [9.17, 15) is 4.79 Å². The van der Waals surface area contributed by atoms with E-state index < -0.39 is 0 Å². The number of rotatable bonds is 2. The molecule has 2 aromatic rings. The second-order valence-corrected chi connectivity index (χ2v) is 5.35. The molecule has 0 radical (unpaired) electrons. The summed E-state index contributed by atoms with van der Waals surface area (Å²) in [5, 5.41) is 7.38. The predicted molar refractivity (Wildman–Crippen MR) is 75.1 cm³/mol. The number of nitrogens with zero attached hydrogens (tertiary/aromatic N) is 1. The van der Waals surface area contributed by atoms with Crippen molar-refractivity contribution in [3.05, 3.63) is 42.1 Å². The maximum absolute atomic E-state index is 12.3. The minimum Gasteiger partial charge on any atom is -0.346 e. The van der Waals surface area contributed by atoms with Crippen molar-refractivity contribution in [3.63, 3.8) is 0 Å². The van der Waals surface area contributed by atoms with Gasteiger partial charge in [-0.1, -0.05) is 6.07 Å². The van der Waals surface area contributed by atoms with Crippen LogP contribution in [0.15, 0.2) is 36.5 Å². The van der Waals surface area contributed by atoms with E-state index in [0.717, 1.165) is 30.4 Å². The Morgan fingerprint density at radius 1 is 1.42 bits per heavy atom. The molecule has 1 aliphatic heterocycles. The molecule has 1 aromatic heterocycles. The van der Waals surface area contributed by atoms with Gasteiger partial charge in [0.1, 0.15) is 0 Å². The highest BCUT2D eigenvalue weighted by molar-refractivity contribution is 5.98. The fraction of sp³-hybridized carbons (Fsp3) is 0.333. The molecule has 1 fully saturated rings. The molecule has 1 aliphatic rings. The Kier molecular flexibility index (Phi) is 2.95. The Morgan fingerprint density at radius 3 is 3.11 bits per heavy atom. The van der Waals surface area contributed by atoms with Gasteiger partial charge in [-0.15, -0.1) is 0 Å². The summed E-state index contributed by atoms with van der Waals surface area (Å²) >= 11 is 0. The van der Waals surface area contributed by atoms with Gasteiger partial charge in [0.05, 0.1) is 11.1 Å². The quantitative estimate of drug-likeness (QED) is 0.859. The van der Waals surface area contributed by atoms with E-state index in [-0.39, 0.29) is 11.4 Å². The van der Waals surface area contributed by atoms with Crippen LogP contribution < -0.4 is 10.6 Å². The van der Waals surface area contributed by atoms with E-state index in [4.69, 9.17) is 0 Å². The first kappa shape index (κ1) is 12.1. The Hall–Kier alpha value is -1.94. The molecule has 0 saturated carbocycles. The van der Waals surface area contributed by atoms with Gasteiger partial charge >= 0.3 is 0 Å². The van der Waals surface area contributed by atoms with Gasteiger partial charge in [-0.05, 0) is 44.2 Å². The molecule has 4 heteroatoms. The van der Waals surface area contributed by atoms with Gasteiger partial charge in [0.25, 0.3) is 5.91 Å². The molecule has 3 rings (SSSR count). The number of nitrogens with one attached hydrogen (secondary N) is 2. The van der Waals surface area contributed by atoms with Gasteiger partial charge in [0.2, 0.25) is 0 Å². The van der Waals surface area contributed by atoms with Gasteiger partial charge in [-0.2, -0.15) is 0 Å². The summed E-state index contributed by atoms with van der Waals surface area (Å²) in [6, 6.07) is 9.46. The summed E-state index contributed by atoms with van der Waals surface area (Å²) < 4.78 is 0. The SMILES string of the molecule is CC1(NC(=O)c2ccc3ncccc3c2)CCNC1. The zero-order valence-electron chi connectivity index (χ0n) is 10.9. The van der Waals surface area contributed by atoms with Gasteiger partial charge < -0.3 is 10.6 Å². The molecular formula is C15H17N3O. The van der Waals surface area contributed by atoms with Crippen molar-refractivity contribution >= 4 is 16.8 Å². The standard InChI is InChI=1S/C15H17N3O/c1-15(6-8-16-10-15)18-14(19)12-4-5-13-11(9-12)3-2-7-17-13/h2-5,7,9,16H,6,8,10H2,1H3,(H,18,19). The molecule has 1 aromatic carbocycles. The van der Waals surface area contributed by atoms with E-state index in [0.29, 0.717) is 5.56 Å². The molecule has 2 N–H and O–H groups in total. The number of fused-ring (bicyclic) bond motifs is 1. The maximum atomic E-state index is 12.3. The van der Waals surface area contributed by atoms with Crippen molar-refractivity contribution < 1.29 is 4.79 Å². The zero-order valence-corrected chi connectivity index (χ0v) is 10.9. The Labute approximate surface area is 112 Å². The molecule has 0 aliphatic carbocycles. The van der Waals surface area contributed by atoms with Gasteiger partial charge in [-0.25, -0.2) is 0 Å². The smallest absolute Gasteiger partial charge is 0.251 e. The van der Waals surface area contributed by atoms with Crippen molar-refractivity contribution in [1.82, 2.24) is 15.6 Å². The highest BCUT2D eigenvalue weighted by Gasteiger charge is 2.30. The monoisotopic (exact) mass is 255 g/mol. The van der Waals surface area contributed by atoms with Crippen LogP contribution in [-0.2, 0) is 0 Å². The number of hydrogen-bond donors (Lipinski definition) is 2. The van der Waals surface area contributed by atoms with Crippen molar-refractivity contribution in [1.29, 1.82) is 0 Å². The van der Waals surface area contributed by atoms with E-state index in [1.807, 2.05) is 30.3 Å². The lowest BCUT2D eigenvalue weighted by molar-refractivity contribution is 0.0913. The first-order valence-electron chi connectivity index (χ1n) is 6.54. The van der Waals surface area contributed by atoms with Crippen LogP contribution in [0.5, 0.6) is 0 Å². The van der Waals surface area contributed by atoms with Crippen LogP contribution in [0, 0.1) is 0 Å². The molecule has 0 spiro atoms. The third-order valence-electron chi connectivity index (χ3n) is 3.65. The topological polar surface area (TPSA) is 54.0 Å². The number of benzene rings is 1. The third kappa shape index (κ3) is 2.44. The lowest BCUT2D eigenvalue weighted by Crippen LogP contribution is -2.47. The zero-order chi connectivity index (χ0) is 13.3. The minimum absolute atomic E-state index is 0.0167. The minimum atomic E-state index is -0.138. The maximum Gasteiger partial charge on any atom is 0.251 e. The van der Waals surface area contributed by atoms with E-state index in [1.165, 1.54) is 0 Å². The average Bonchev–Trinajstić information content (AvgIpc) is 2.84. The molecule has 0 bridgehead atoms. The van der Waals surface area contributed by atoms with Crippen molar-refractivity contribution in [3.8, 4) is 0 Å². The Morgan fingerprint density at radius 2 is 2.32 bits per heavy atom. The normalized spacial score (nSPS) is 22.6. The molecule has 1 atom stereocenters. The van der Waals surface area contributed by atoms with Crippen LogP contribution in [-0.4, -0.2) is 29.5 Å². The summed E-state index contributed by atoms with van der Waals surface area (Å²) in [7, 11) is 0. The van der Waals surface area contributed by atoms with E-state index >= 15 is 0 Å². The van der Waals surface area contributed by atoms with Crippen LogP contribution >= 0.6 is 0 Å². The number of carbonyl (C=O) groups excluding carboxylic acids is 1. The van der Waals surface area contributed by atoms with Crippen LogP contribution in [0.4, 0.5) is 0 Å². The molecule has 98 valence electrons. The fourth-order valence-electron chi connectivity index (χ4n) is 2.49. The summed E-state index contributed by atoms with van der Waals surface area (Å²) in [5.74, 6) is -0.0167. The molecule has 2 heterocycles. The van der Waals surface area contributed by atoms with Crippen LogP contribution in [0.25, 0.3) is 10.9 Å². The van der Waals surface area contributed by atoms with Crippen molar-refractivity contribution in [2.75, 3.05) is 13.1 Å². The van der Waals surface area contributed by atoms with Crippen LogP contribution in [0.1, 0.15) is 23.7 Å². The number of pyridine rings is 1. The van der Waals surface area contributed by atoms with Gasteiger partial charge in [0.15, 0.2) is 0 Å². The third-order valence-corrected chi connectivity index (χ3v) is 3.65. The molecule has 4 nitrogen and oxygen atoms in total. The van der Waals surface area contributed by atoms with Gasteiger partial charge in [-0.3, -0.25) is 9.78 Å². The number of hydrogen-bond acceptors (Lipinski definition) is 3. The Bertz CT molecular complexity index is 618. The second-order valence-electron chi connectivity index (χ2n) is 5.35. The van der Waals surface area contributed by atoms with E-state index in [2.05, 4.69) is 22.5 Å². The summed E-state index contributed by atoms with van der Waals surface area (Å²) in [6.45, 7) is 3.86. The fourth-order valence-corrected chi connectivity index (χ4v) is 2.49. The van der Waals surface area contributed by atoms with Crippen molar-refractivity contribution in [2.24, 2.45) is 0 Å². The van der Waals surface area contributed by atoms with E-state index in [1.54, 1.807) is 6.20 Å². The predicted octanol–water partition coefficient (Wildman–Crippen LogP) is 1.72. The molecule has 1 unspecified atom stereocenters.